The SMILES string of the molecule is C#CC.CC1=CC(C)CC(Nc2nccc(-c3nc(C)c(CN4CCCC4)s3)n2)=C1. The lowest BCUT2D eigenvalue weighted by atomic mass is 9.96. The van der Waals surface area contributed by atoms with Crippen LogP contribution in [0.3, 0.4) is 0 Å². The summed E-state index contributed by atoms with van der Waals surface area (Å²) in [6, 6.07) is 1.95. The number of hydrogen-bond acceptors (Lipinski definition) is 6. The Labute approximate surface area is 184 Å². The largest absolute Gasteiger partial charge is 0.328 e. The first kappa shape index (κ1) is 22.2. The summed E-state index contributed by atoms with van der Waals surface area (Å²) in [7, 11) is 0. The molecule has 0 aromatic carbocycles. The van der Waals surface area contributed by atoms with E-state index < -0.39 is 0 Å². The van der Waals surface area contributed by atoms with Crippen LogP contribution in [0.25, 0.3) is 10.7 Å². The van der Waals surface area contributed by atoms with Gasteiger partial charge in [0.15, 0.2) is 0 Å². The third-order valence-corrected chi connectivity index (χ3v) is 6.26. The maximum Gasteiger partial charge on any atom is 0.227 e. The van der Waals surface area contributed by atoms with E-state index in [2.05, 4.69) is 60.5 Å². The normalized spacial score (nSPS) is 18.7. The Morgan fingerprint density at radius 3 is 2.70 bits per heavy atom. The lowest BCUT2D eigenvalue weighted by Gasteiger charge is -2.18. The molecule has 6 heteroatoms. The highest BCUT2D eigenvalue weighted by Gasteiger charge is 2.17. The molecule has 1 atom stereocenters. The number of allylic oxidation sites excluding steroid dienone is 4. The molecular formula is C24H31N5S. The van der Waals surface area contributed by atoms with Gasteiger partial charge in [-0.25, -0.2) is 15.0 Å². The molecule has 1 saturated heterocycles. The fourth-order valence-electron chi connectivity index (χ4n) is 3.83. The molecule has 1 unspecified atom stereocenters. The van der Waals surface area contributed by atoms with E-state index in [0.717, 1.165) is 29.4 Å². The summed E-state index contributed by atoms with van der Waals surface area (Å²) in [6.07, 6.45) is 14.5. The molecule has 5 nitrogen and oxygen atoms in total. The number of nitrogens with zero attached hydrogens (tertiary/aromatic N) is 4. The first-order chi connectivity index (χ1) is 14.5. The predicted octanol–water partition coefficient (Wildman–Crippen LogP) is 5.43. The molecule has 3 heterocycles. The minimum atomic E-state index is 0.537. The zero-order valence-corrected chi connectivity index (χ0v) is 19.2. The standard InChI is InChI=1S/C21H27N5S.C3H4/c1-14-10-15(2)12-17(11-14)24-21-22-7-6-18(25-21)20-23-16(3)19(27-20)13-26-8-4-5-9-26;1-3-2/h6-7,10-11,15H,4-5,8-9,12-13H2,1-3H3,(H,22,24,25);1H,2H3. The van der Waals surface area contributed by atoms with Gasteiger partial charge in [-0.1, -0.05) is 18.6 Å². The monoisotopic (exact) mass is 421 g/mol. The summed E-state index contributed by atoms with van der Waals surface area (Å²) in [4.78, 5) is 17.8. The van der Waals surface area contributed by atoms with Gasteiger partial charge in [-0.2, -0.15) is 0 Å². The summed E-state index contributed by atoms with van der Waals surface area (Å²) in [5.74, 6) is 3.44. The van der Waals surface area contributed by atoms with Crippen molar-refractivity contribution in [2.45, 2.75) is 53.5 Å². The molecule has 1 aliphatic carbocycles. The van der Waals surface area contributed by atoms with Crippen LogP contribution in [-0.2, 0) is 6.54 Å². The molecule has 1 fully saturated rings. The van der Waals surface area contributed by atoms with Crippen LogP contribution in [0, 0.1) is 25.2 Å². The third kappa shape index (κ3) is 6.01. The van der Waals surface area contributed by atoms with Crippen LogP contribution in [0.2, 0.25) is 0 Å². The van der Waals surface area contributed by atoms with E-state index >= 15 is 0 Å². The van der Waals surface area contributed by atoms with Crippen molar-refractivity contribution >= 4 is 17.3 Å². The summed E-state index contributed by atoms with van der Waals surface area (Å²) in [5, 5.41) is 4.38. The molecule has 30 heavy (non-hydrogen) atoms. The zero-order chi connectivity index (χ0) is 21.5. The second-order valence-corrected chi connectivity index (χ2v) is 9.04. The Morgan fingerprint density at radius 1 is 1.27 bits per heavy atom. The maximum absolute atomic E-state index is 4.79. The van der Waals surface area contributed by atoms with Crippen molar-refractivity contribution in [3.05, 3.63) is 46.3 Å². The van der Waals surface area contributed by atoms with Crippen LogP contribution in [0.1, 0.15) is 50.6 Å². The molecule has 4 rings (SSSR count). The van der Waals surface area contributed by atoms with Crippen molar-refractivity contribution in [1.82, 2.24) is 19.9 Å². The summed E-state index contributed by atoms with van der Waals surface area (Å²) in [6.45, 7) is 11.5. The van der Waals surface area contributed by atoms with Gasteiger partial charge in [-0.05, 0) is 71.2 Å². The second-order valence-electron chi connectivity index (χ2n) is 7.95. The predicted molar refractivity (Wildman–Crippen MR) is 126 cm³/mol. The number of terminal acetylenes is 1. The molecule has 0 radical (unpaired) electrons. The van der Waals surface area contributed by atoms with Crippen molar-refractivity contribution in [2.24, 2.45) is 5.92 Å². The molecule has 0 amide bonds. The van der Waals surface area contributed by atoms with Crippen LogP contribution in [-0.4, -0.2) is 32.9 Å². The molecule has 2 aromatic rings. The number of hydrogen-bond donors (Lipinski definition) is 1. The molecule has 1 aliphatic heterocycles. The van der Waals surface area contributed by atoms with Gasteiger partial charge in [-0.15, -0.1) is 23.7 Å². The summed E-state index contributed by atoms with van der Waals surface area (Å²) < 4.78 is 0. The van der Waals surface area contributed by atoms with Crippen molar-refractivity contribution in [2.75, 3.05) is 18.4 Å². The smallest absolute Gasteiger partial charge is 0.227 e. The molecule has 0 bridgehead atoms. The molecule has 0 spiro atoms. The Balaban J connectivity index is 0.000000806. The van der Waals surface area contributed by atoms with Gasteiger partial charge >= 0.3 is 0 Å². The van der Waals surface area contributed by atoms with E-state index in [4.69, 9.17) is 9.97 Å². The lowest BCUT2D eigenvalue weighted by Crippen LogP contribution is -2.18. The van der Waals surface area contributed by atoms with Gasteiger partial charge in [0.1, 0.15) is 10.7 Å². The first-order valence-corrected chi connectivity index (χ1v) is 11.4. The van der Waals surface area contributed by atoms with Crippen LogP contribution in [0.15, 0.2) is 35.7 Å². The highest BCUT2D eigenvalue weighted by atomic mass is 32.1. The van der Waals surface area contributed by atoms with Gasteiger partial charge in [-0.3, -0.25) is 4.90 Å². The van der Waals surface area contributed by atoms with Crippen molar-refractivity contribution in [3.8, 4) is 23.0 Å². The van der Waals surface area contributed by atoms with Crippen molar-refractivity contribution in [3.63, 3.8) is 0 Å². The molecule has 2 aromatic heterocycles. The Hall–Kier alpha value is -2.49. The van der Waals surface area contributed by atoms with Crippen molar-refractivity contribution in [1.29, 1.82) is 0 Å². The average Bonchev–Trinajstić information content (AvgIpc) is 3.32. The van der Waals surface area contributed by atoms with E-state index in [1.165, 1.54) is 42.1 Å². The first-order valence-electron chi connectivity index (χ1n) is 10.5. The molecule has 1 N–H and O–H groups in total. The van der Waals surface area contributed by atoms with Gasteiger partial charge in [0.05, 0.1) is 5.69 Å². The minimum Gasteiger partial charge on any atom is -0.328 e. The van der Waals surface area contributed by atoms with E-state index in [-0.39, 0.29) is 0 Å². The minimum absolute atomic E-state index is 0.537. The number of nitrogens with one attached hydrogen (secondary N) is 1. The number of thiazole rings is 1. The Kier molecular flexibility index (Phi) is 7.78. The van der Waals surface area contributed by atoms with E-state index in [9.17, 15) is 0 Å². The van der Waals surface area contributed by atoms with E-state index in [1.807, 2.05) is 12.3 Å². The highest BCUT2D eigenvalue weighted by Crippen LogP contribution is 2.29. The Bertz CT molecular complexity index is 960. The molecule has 2 aliphatic rings. The number of aryl methyl sites for hydroxylation is 1. The highest BCUT2D eigenvalue weighted by molar-refractivity contribution is 7.15. The van der Waals surface area contributed by atoms with E-state index in [0.29, 0.717) is 11.9 Å². The molecule has 0 saturated carbocycles. The fourth-order valence-corrected chi connectivity index (χ4v) is 4.91. The van der Waals surface area contributed by atoms with Gasteiger partial charge in [0, 0.05) is 23.3 Å². The number of rotatable bonds is 5. The van der Waals surface area contributed by atoms with Crippen LogP contribution in [0.4, 0.5) is 5.95 Å². The van der Waals surface area contributed by atoms with Gasteiger partial charge in [0.25, 0.3) is 0 Å². The number of likely N-dealkylation sites (tertiary alicyclic amines) is 1. The summed E-state index contributed by atoms with van der Waals surface area (Å²) >= 11 is 1.76. The molecular weight excluding hydrogens is 390 g/mol. The quantitative estimate of drug-likeness (QED) is 0.653. The van der Waals surface area contributed by atoms with Gasteiger partial charge in [0.2, 0.25) is 5.95 Å². The van der Waals surface area contributed by atoms with Crippen LogP contribution >= 0.6 is 11.3 Å². The average molecular weight is 422 g/mol. The second kappa shape index (κ2) is 10.5. The van der Waals surface area contributed by atoms with Crippen molar-refractivity contribution < 1.29 is 0 Å². The fraction of sp³-hybridized carbons (Fsp3) is 0.458. The maximum atomic E-state index is 4.79. The number of anilines is 1. The van der Waals surface area contributed by atoms with Crippen LogP contribution < -0.4 is 5.32 Å². The zero-order valence-electron chi connectivity index (χ0n) is 18.4. The topological polar surface area (TPSA) is 53.9 Å². The van der Waals surface area contributed by atoms with Crippen LogP contribution in [0.5, 0.6) is 0 Å². The number of aromatic nitrogens is 3. The lowest BCUT2D eigenvalue weighted by molar-refractivity contribution is 0.333. The Morgan fingerprint density at radius 2 is 2.00 bits per heavy atom. The third-order valence-electron chi connectivity index (χ3n) is 5.10. The van der Waals surface area contributed by atoms with E-state index in [1.54, 1.807) is 18.3 Å². The van der Waals surface area contributed by atoms with Gasteiger partial charge < -0.3 is 5.32 Å². The molecule has 158 valence electrons. The summed E-state index contributed by atoms with van der Waals surface area (Å²) in [5.41, 5.74) is 4.48.